The van der Waals surface area contributed by atoms with Gasteiger partial charge in [-0.3, -0.25) is 9.59 Å². The van der Waals surface area contributed by atoms with Crippen molar-refractivity contribution in [1.29, 1.82) is 0 Å². The summed E-state index contributed by atoms with van der Waals surface area (Å²) in [6.45, 7) is 5.73. The molecule has 0 saturated heterocycles. The van der Waals surface area contributed by atoms with Crippen molar-refractivity contribution < 1.29 is 14.3 Å². The van der Waals surface area contributed by atoms with Crippen LogP contribution in [0.3, 0.4) is 0 Å². The Labute approximate surface area is 194 Å². The molecule has 2 aromatic carbocycles. The number of aromatic nitrogens is 1. The molecule has 6 nitrogen and oxygen atoms in total. The molecule has 0 saturated carbocycles. The van der Waals surface area contributed by atoms with Crippen LogP contribution < -0.4 is 15.4 Å². The molecule has 1 aromatic heterocycles. The number of aryl methyl sites for hydroxylation is 1. The van der Waals surface area contributed by atoms with Crippen molar-refractivity contribution in [2.45, 2.75) is 46.0 Å². The number of hydrogen-bond acceptors (Lipinski definition) is 4. The second-order valence-corrected chi connectivity index (χ2v) is 8.80. The number of nitrogens with zero attached hydrogens (tertiary/aromatic N) is 1. The lowest BCUT2D eigenvalue weighted by molar-refractivity contribution is -0.120. The van der Waals surface area contributed by atoms with E-state index in [0.29, 0.717) is 29.7 Å². The van der Waals surface area contributed by atoms with Crippen LogP contribution in [0.25, 0.3) is 0 Å². The van der Waals surface area contributed by atoms with Crippen molar-refractivity contribution in [3.8, 4) is 11.5 Å². The second-order valence-electron chi connectivity index (χ2n) is 8.80. The van der Waals surface area contributed by atoms with E-state index in [9.17, 15) is 9.59 Å². The summed E-state index contributed by atoms with van der Waals surface area (Å²) in [5.41, 5.74) is 4.44. The Kier molecular flexibility index (Phi) is 6.73. The first-order valence-electron chi connectivity index (χ1n) is 11.3. The lowest BCUT2D eigenvalue weighted by Gasteiger charge is -2.24. The van der Waals surface area contributed by atoms with Crippen molar-refractivity contribution in [3.63, 3.8) is 0 Å². The van der Waals surface area contributed by atoms with Gasteiger partial charge in [0.25, 0.3) is 0 Å². The Morgan fingerprint density at radius 3 is 2.61 bits per heavy atom. The van der Waals surface area contributed by atoms with E-state index < -0.39 is 0 Å². The van der Waals surface area contributed by atoms with Crippen molar-refractivity contribution in [2.75, 3.05) is 10.6 Å². The third-order valence-electron chi connectivity index (χ3n) is 5.87. The third kappa shape index (κ3) is 5.77. The highest BCUT2D eigenvalue weighted by atomic mass is 16.5. The largest absolute Gasteiger partial charge is 0.457 e. The molecule has 0 spiro atoms. The molecule has 1 atom stereocenters. The molecule has 1 unspecified atom stereocenters. The molecule has 0 aliphatic heterocycles. The van der Waals surface area contributed by atoms with Gasteiger partial charge in [-0.25, -0.2) is 4.98 Å². The minimum atomic E-state index is -0.186. The Morgan fingerprint density at radius 2 is 1.82 bits per heavy atom. The highest BCUT2D eigenvalue weighted by molar-refractivity contribution is 5.93. The molecule has 1 aliphatic carbocycles. The molecule has 0 fully saturated rings. The van der Waals surface area contributed by atoms with Crippen LogP contribution in [0.15, 0.2) is 60.8 Å². The number of carbonyl (C=O) groups is 2. The maximum absolute atomic E-state index is 13.0. The molecule has 0 radical (unpaired) electrons. The standard InChI is InChI=1S/C27H29N3O3/c1-17(2)20-5-4-6-23(14-20)30-27(32)21-8-7-19-9-10-24(15-22(19)13-21)33-25-11-12-28-26(16-25)29-18(3)31/h4-6,9-12,14-17,21H,7-8,13H2,1-3H3,(H,30,32)(H,28,29,31). The maximum Gasteiger partial charge on any atom is 0.227 e. The molecule has 2 amide bonds. The molecule has 3 aromatic rings. The van der Waals surface area contributed by atoms with Crippen LogP contribution in [0, 0.1) is 5.92 Å². The Hall–Kier alpha value is -3.67. The summed E-state index contributed by atoms with van der Waals surface area (Å²) in [4.78, 5) is 28.4. The van der Waals surface area contributed by atoms with E-state index in [1.54, 1.807) is 18.3 Å². The zero-order valence-electron chi connectivity index (χ0n) is 19.2. The summed E-state index contributed by atoms with van der Waals surface area (Å²) in [6, 6.07) is 17.5. The van der Waals surface area contributed by atoms with Crippen LogP contribution in [0.5, 0.6) is 11.5 Å². The fraction of sp³-hybridized carbons (Fsp3) is 0.296. The van der Waals surface area contributed by atoms with Gasteiger partial charge in [-0.15, -0.1) is 0 Å². The molecular weight excluding hydrogens is 414 g/mol. The van der Waals surface area contributed by atoms with Gasteiger partial charge in [0.1, 0.15) is 17.3 Å². The van der Waals surface area contributed by atoms with E-state index >= 15 is 0 Å². The SMILES string of the molecule is CC(=O)Nc1cc(Oc2ccc3c(c2)CC(C(=O)Nc2cccc(C(C)C)c2)CC3)ccn1. The molecule has 1 aliphatic rings. The molecule has 33 heavy (non-hydrogen) atoms. The van der Waals surface area contributed by atoms with Crippen LogP contribution in [0.2, 0.25) is 0 Å². The van der Waals surface area contributed by atoms with Gasteiger partial charge in [0.2, 0.25) is 11.8 Å². The van der Waals surface area contributed by atoms with Crippen LogP contribution in [-0.2, 0) is 22.4 Å². The first-order valence-corrected chi connectivity index (χ1v) is 11.3. The fourth-order valence-electron chi connectivity index (χ4n) is 4.10. The second kappa shape index (κ2) is 9.86. The molecule has 6 heteroatoms. The first kappa shape index (κ1) is 22.5. The van der Waals surface area contributed by atoms with Gasteiger partial charge in [0.05, 0.1) is 0 Å². The number of anilines is 2. The molecule has 1 heterocycles. The van der Waals surface area contributed by atoms with E-state index in [1.807, 2.05) is 24.3 Å². The topological polar surface area (TPSA) is 80.3 Å². The lowest BCUT2D eigenvalue weighted by Crippen LogP contribution is -2.28. The average Bonchev–Trinajstić information content (AvgIpc) is 2.78. The average molecular weight is 444 g/mol. The van der Waals surface area contributed by atoms with Crippen molar-refractivity contribution in [3.05, 3.63) is 77.5 Å². The van der Waals surface area contributed by atoms with E-state index in [1.165, 1.54) is 18.1 Å². The smallest absolute Gasteiger partial charge is 0.227 e. The van der Waals surface area contributed by atoms with Gasteiger partial charge in [0, 0.05) is 30.8 Å². The quantitative estimate of drug-likeness (QED) is 0.512. The van der Waals surface area contributed by atoms with Gasteiger partial charge in [-0.2, -0.15) is 0 Å². The van der Waals surface area contributed by atoms with E-state index in [2.05, 4.69) is 47.7 Å². The number of ether oxygens (including phenoxy) is 1. The fourth-order valence-corrected chi connectivity index (χ4v) is 4.10. The predicted octanol–water partition coefficient (Wildman–Crippen LogP) is 5.70. The number of rotatable bonds is 6. The molecule has 4 rings (SSSR count). The Bertz CT molecular complexity index is 1170. The maximum atomic E-state index is 13.0. The first-order chi connectivity index (χ1) is 15.9. The van der Waals surface area contributed by atoms with Gasteiger partial charge in [0.15, 0.2) is 0 Å². The minimum Gasteiger partial charge on any atom is -0.457 e. The van der Waals surface area contributed by atoms with E-state index in [-0.39, 0.29) is 17.7 Å². The Morgan fingerprint density at radius 1 is 1.00 bits per heavy atom. The normalized spacial score (nSPS) is 15.0. The highest BCUT2D eigenvalue weighted by Gasteiger charge is 2.25. The summed E-state index contributed by atoms with van der Waals surface area (Å²) in [6.07, 6.45) is 3.96. The van der Waals surface area contributed by atoms with Crippen LogP contribution in [0.4, 0.5) is 11.5 Å². The predicted molar refractivity (Wildman–Crippen MR) is 130 cm³/mol. The zero-order valence-corrected chi connectivity index (χ0v) is 19.2. The van der Waals surface area contributed by atoms with Crippen molar-refractivity contribution in [2.24, 2.45) is 5.92 Å². The molecule has 0 bridgehead atoms. The van der Waals surface area contributed by atoms with E-state index in [0.717, 1.165) is 24.1 Å². The van der Waals surface area contributed by atoms with E-state index in [4.69, 9.17) is 4.74 Å². The highest BCUT2D eigenvalue weighted by Crippen LogP contribution is 2.32. The number of nitrogens with one attached hydrogen (secondary N) is 2. The van der Waals surface area contributed by atoms with Crippen LogP contribution >= 0.6 is 0 Å². The number of amides is 2. The van der Waals surface area contributed by atoms with Crippen molar-refractivity contribution >= 4 is 23.3 Å². The minimum absolute atomic E-state index is 0.0574. The zero-order chi connectivity index (χ0) is 23.4. The van der Waals surface area contributed by atoms with Gasteiger partial charge >= 0.3 is 0 Å². The van der Waals surface area contributed by atoms with Gasteiger partial charge in [-0.1, -0.05) is 32.0 Å². The lowest BCUT2D eigenvalue weighted by atomic mass is 9.83. The summed E-state index contributed by atoms with van der Waals surface area (Å²) in [5.74, 6) is 1.93. The Balaban J connectivity index is 1.44. The number of pyridine rings is 1. The van der Waals surface area contributed by atoms with Gasteiger partial charge in [-0.05, 0) is 72.2 Å². The third-order valence-corrected chi connectivity index (χ3v) is 5.87. The van der Waals surface area contributed by atoms with Crippen molar-refractivity contribution in [1.82, 2.24) is 4.98 Å². The summed E-state index contributed by atoms with van der Waals surface area (Å²) >= 11 is 0. The number of hydrogen-bond donors (Lipinski definition) is 2. The summed E-state index contributed by atoms with van der Waals surface area (Å²) in [7, 11) is 0. The van der Waals surface area contributed by atoms with Crippen LogP contribution in [-0.4, -0.2) is 16.8 Å². The number of benzene rings is 2. The summed E-state index contributed by atoms with van der Waals surface area (Å²) < 4.78 is 6.00. The molecule has 2 N–H and O–H groups in total. The number of carbonyl (C=O) groups excluding carboxylic acids is 2. The monoisotopic (exact) mass is 443 g/mol. The molecule has 170 valence electrons. The molecular formula is C27H29N3O3. The van der Waals surface area contributed by atoms with Crippen LogP contribution in [0.1, 0.15) is 49.8 Å². The number of fused-ring (bicyclic) bond motifs is 1. The summed E-state index contributed by atoms with van der Waals surface area (Å²) in [5, 5.41) is 5.76. The van der Waals surface area contributed by atoms with Gasteiger partial charge < -0.3 is 15.4 Å².